The summed E-state index contributed by atoms with van der Waals surface area (Å²) < 4.78 is 27.4. The first-order valence-corrected chi connectivity index (χ1v) is 10.7. The fourth-order valence-corrected chi connectivity index (χ4v) is 5.40. The van der Waals surface area contributed by atoms with E-state index in [1.54, 1.807) is 35.1 Å². The van der Waals surface area contributed by atoms with Crippen molar-refractivity contribution in [3.05, 3.63) is 42.2 Å². The first kappa shape index (κ1) is 20.6. The molecule has 2 aromatic rings. The van der Waals surface area contributed by atoms with E-state index >= 15 is 0 Å². The van der Waals surface area contributed by atoms with Crippen molar-refractivity contribution in [2.45, 2.75) is 12.3 Å². The topological polar surface area (TPSA) is 96.3 Å². The van der Waals surface area contributed by atoms with Crippen LogP contribution in [0.2, 0.25) is 0 Å². The van der Waals surface area contributed by atoms with E-state index in [2.05, 4.69) is 15.7 Å². The Bertz CT molecular complexity index is 962. The maximum Gasteiger partial charge on any atom is 0.235 e. The number of nitrogens with zero attached hydrogens (tertiary/aromatic N) is 3. The lowest BCUT2D eigenvalue weighted by molar-refractivity contribution is -0.119. The van der Waals surface area contributed by atoms with E-state index in [-0.39, 0.29) is 35.9 Å². The van der Waals surface area contributed by atoms with Crippen molar-refractivity contribution in [1.29, 1.82) is 0 Å². The Morgan fingerprint density at radius 3 is 2.82 bits per heavy atom. The molecule has 2 aliphatic heterocycles. The van der Waals surface area contributed by atoms with E-state index in [1.165, 1.54) is 4.31 Å². The Kier molecular flexibility index (Phi) is 5.97. The molecule has 0 bridgehead atoms. The van der Waals surface area contributed by atoms with E-state index < -0.39 is 10.0 Å². The van der Waals surface area contributed by atoms with E-state index in [4.69, 9.17) is 0 Å². The number of benzene rings is 1. The molecule has 1 aromatic carbocycles. The number of aromatic nitrogens is 2. The zero-order chi connectivity index (χ0) is 19.0. The third-order valence-corrected chi connectivity index (χ3v) is 7.07. The smallest absolute Gasteiger partial charge is 0.235 e. The molecule has 0 radical (unpaired) electrons. The molecular weight excluding hydrogens is 402 g/mol. The van der Waals surface area contributed by atoms with Crippen LogP contribution in [0.4, 0.5) is 11.4 Å². The number of anilines is 2. The highest BCUT2D eigenvalue weighted by atomic mass is 35.5. The molecule has 1 aromatic heterocycles. The zero-order valence-electron chi connectivity index (χ0n) is 15.5. The zero-order valence-corrected chi connectivity index (χ0v) is 17.2. The predicted molar refractivity (Wildman–Crippen MR) is 110 cm³/mol. The van der Waals surface area contributed by atoms with Gasteiger partial charge in [0.25, 0.3) is 0 Å². The van der Waals surface area contributed by atoms with Gasteiger partial charge in [0.05, 0.1) is 23.6 Å². The highest BCUT2D eigenvalue weighted by Gasteiger charge is 2.35. The third kappa shape index (κ3) is 4.01. The molecule has 0 saturated carbocycles. The summed E-state index contributed by atoms with van der Waals surface area (Å²) >= 11 is 0. The highest BCUT2D eigenvalue weighted by molar-refractivity contribution is 7.93. The lowest BCUT2D eigenvalue weighted by Gasteiger charge is -2.19. The fraction of sp³-hybridized carbons (Fsp3) is 0.444. The monoisotopic (exact) mass is 425 g/mol. The number of rotatable bonds is 4. The van der Waals surface area contributed by atoms with Gasteiger partial charge in [0.2, 0.25) is 15.9 Å². The molecule has 2 fully saturated rings. The lowest BCUT2D eigenvalue weighted by Crippen LogP contribution is -2.28. The van der Waals surface area contributed by atoms with E-state index in [1.807, 2.05) is 13.2 Å². The number of sulfonamides is 1. The van der Waals surface area contributed by atoms with Crippen molar-refractivity contribution in [3.8, 4) is 0 Å². The molecule has 28 heavy (non-hydrogen) atoms. The molecule has 0 unspecified atom stereocenters. The average Bonchev–Trinajstić information content (AvgIpc) is 3.34. The molecule has 0 spiro atoms. The number of carbonyl (C=O) groups excluding carboxylic acids is 1. The van der Waals surface area contributed by atoms with Crippen molar-refractivity contribution in [2.75, 3.05) is 35.0 Å². The molecular formula is C18H24ClN5O3S. The average molecular weight is 426 g/mol. The quantitative estimate of drug-likeness (QED) is 0.770. The van der Waals surface area contributed by atoms with Crippen LogP contribution in [-0.4, -0.2) is 49.5 Å². The molecule has 3 heterocycles. The van der Waals surface area contributed by atoms with E-state index in [0.717, 1.165) is 12.1 Å². The first-order chi connectivity index (χ1) is 12.9. The molecule has 2 saturated heterocycles. The van der Waals surface area contributed by atoms with E-state index in [9.17, 15) is 13.2 Å². The number of amides is 1. The van der Waals surface area contributed by atoms with Gasteiger partial charge in [-0.25, -0.2) is 8.42 Å². The molecule has 4 rings (SSSR count). The van der Waals surface area contributed by atoms with Gasteiger partial charge in [0, 0.05) is 44.5 Å². The Morgan fingerprint density at radius 2 is 2.14 bits per heavy atom. The Balaban J connectivity index is 0.00000225. The van der Waals surface area contributed by atoms with Gasteiger partial charge in [-0.15, -0.1) is 12.4 Å². The third-order valence-electron chi connectivity index (χ3n) is 5.20. The minimum Gasteiger partial charge on any atom is -0.326 e. The van der Waals surface area contributed by atoms with Crippen LogP contribution < -0.4 is 14.9 Å². The van der Waals surface area contributed by atoms with Gasteiger partial charge >= 0.3 is 0 Å². The van der Waals surface area contributed by atoms with Crippen LogP contribution >= 0.6 is 12.4 Å². The van der Waals surface area contributed by atoms with Crippen LogP contribution in [0.15, 0.2) is 36.7 Å². The summed E-state index contributed by atoms with van der Waals surface area (Å²) in [7, 11) is -1.38. The van der Waals surface area contributed by atoms with Gasteiger partial charge in [-0.2, -0.15) is 5.10 Å². The Labute approximate surface area is 170 Å². The maximum atomic E-state index is 12.9. The first-order valence-electron chi connectivity index (χ1n) is 9.05. The van der Waals surface area contributed by atoms with Gasteiger partial charge < -0.3 is 10.6 Å². The second-order valence-electron chi connectivity index (χ2n) is 7.10. The maximum absolute atomic E-state index is 12.9. The largest absolute Gasteiger partial charge is 0.326 e. The van der Waals surface area contributed by atoms with Crippen molar-refractivity contribution in [3.63, 3.8) is 0 Å². The fourth-order valence-electron chi connectivity index (χ4n) is 3.84. The number of halogens is 1. The summed E-state index contributed by atoms with van der Waals surface area (Å²) in [4.78, 5) is 12.9. The summed E-state index contributed by atoms with van der Waals surface area (Å²) in [6.45, 7) is 1.82. The molecule has 10 heteroatoms. The molecule has 0 aliphatic carbocycles. The molecule has 2 aliphatic rings. The second kappa shape index (κ2) is 8.10. The lowest BCUT2D eigenvalue weighted by atomic mass is 9.90. The second-order valence-corrected chi connectivity index (χ2v) is 9.11. The number of nitrogens with one attached hydrogen (secondary N) is 2. The van der Waals surface area contributed by atoms with Crippen LogP contribution in [0.3, 0.4) is 0 Å². The number of aryl methyl sites for hydroxylation is 1. The number of carbonyl (C=O) groups is 1. The summed E-state index contributed by atoms with van der Waals surface area (Å²) in [5, 5.41) is 10.4. The van der Waals surface area contributed by atoms with Crippen molar-refractivity contribution in [1.82, 2.24) is 15.1 Å². The van der Waals surface area contributed by atoms with Crippen molar-refractivity contribution in [2.24, 2.45) is 13.0 Å². The van der Waals surface area contributed by atoms with Crippen molar-refractivity contribution < 1.29 is 13.2 Å². The number of hydrogen-bond donors (Lipinski definition) is 2. The van der Waals surface area contributed by atoms with Gasteiger partial charge in [-0.3, -0.25) is 13.8 Å². The van der Waals surface area contributed by atoms with Gasteiger partial charge in [0.15, 0.2) is 0 Å². The Morgan fingerprint density at radius 1 is 1.32 bits per heavy atom. The summed E-state index contributed by atoms with van der Waals surface area (Å²) in [5.41, 5.74) is 2.25. The van der Waals surface area contributed by atoms with Gasteiger partial charge in [-0.1, -0.05) is 6.07 Å². The predicted octanol–water partition coefficient (Wildman–Crippen LogP) is 1.32. The van der Waals surface area contributed by atoms with Gasteiger partial charge in [0.1, 0.15) is 0 Å². The van der Waals surface area contributed by atoms with Crippen LogP contribution in [0.25, 0.3) is 0 Å². The summed E-state index contributed by atoms with van der Waals surface area (Å²) in [6.07, 6.45) is 4.37. The van der Waals surface area contributed by atoms with Gasteiger partial charge in [-0.05, 0) is 30.2 Å². The minimum absolute atomic E-state index is 0. The van der Waals surface area contributed by atoms with E-state index in [0.29, 0.717) is 30.9 Å². The van der Waals surface area contributed by atoms with Crippen LogP contribution in [0.1, 0.15) is 17.9 Å². The highest BCUT2D eigenvalue weighted by Crippen LogP contribution is 2.30. The van der Waals surface area contributed by atoms with Crippen LogP contribution in [-0.2, 0) is 21.9 Å². The standard InChI is InChI=1S/C18H23N5O3S.ClH/c1-22-12-13(9-20-22)16-10-19-11-17(16)18(24)21-14-4-2-5-15(8-14)23-6-3-7-27(23,25)26;/h2,4-5,8-9,12,16-17,19H,3,6-7,10-11H2,1H3,(H,21,24);1H/t16-,17+;/m1./s1. The van der Waals surface area contributed by atoms with Crippen LogP contribution in [0.5, 0.6) is 0 Å². The summed E-state index contributed by atoms with van der Waals surface area (Å²) in [6, 6.07) is 7.03. The SMILES string of the molecule is Cl.Cn1cc([C@H]2CNC[C@@H]2C(=O)Nc2cccc(N3CCCS3(=O)=O)c2)cn1. The molecule has 152 valence electrons. The van der Waals surface area contributed by atoms with Crippen molar-refractivity contribution >= 4 is 39.7 Å². The summed E-state index contributed by atoms with van der Waals surface area (Å²) in [5.74, 6) is -0.0334. The molecule has 2 N–H and O–H groups in total. The molecule has 1 amide bonds. The minimum atomic E-state index is -3.24. The molecule has 2 atom stereocenters. The Hall–Kier alpha value is -2.10. The molecule has 8 nitrogen and oxygen atoms in total. The van der Waals surface area contributed by atoms with Crippen LogP contribution in [0, 0.1) is 5.92 Å². The normalized spacial score (nSPS) is 23.4. The number of hydrogen-bond acceptors (Lipinski definition) is 5.